The van der Waals surface area contributed by atoms with E-state index in [1.807, 2.05) is 38.1 Å². The maximum Gasteiger partial charge on any atom is 0.241 e. The number of carbonyl (C=O) groups is 1. The lowest BCUT2D eigenvalue weighted by Gasteiger charge is -2.23. The quantitative estimate of drug-likeness (QED) is 0.639. The Morgan fingerprint density at radius 3 is 2.14 bits per heavy atom. The van der Waals surface area contributed by atoms with Gasteiger partial charge in [0.05, 0.1) is 24.6 Å². The van der Waals surface area contributed by atoms with Crippen LogP contribution in [0.25, 0.3) is 0 Å². The molecule has 0 saturated carbocycles. The molecule has 2 aromatic carbocycles. The molecule has 1 atom stereocenters. The van der Waals surface area contributed by atoms with Crippen LogP contribution in [0.1, 0.15) is 19.4 Å². The van der Waals surface area contributed by atoms with Crippen LogP contribution in [0.2, 0.25) is 0 Å². The van der Waals surface area contributed by atoms with Crippen molar-refractivity contribution in [2.75, 3.05) is 30.3 Å². The first-order chi connectivity index (χ1) is 13.7. The minimum atomic E-state index is -3.63. The molecular formula is C21H28N2O5S. The normalized spacial score (nSPS) is 12.1. The van der Waals surface area contributed by atoms with E-state index in [1.54, 1.807) is 31.2 Å². The van der Waals surface area contributed by atoms with E-state index in [0.29, 0.717) is 23.8 Å². The van der Waals surface area contributed by atoms with Gasteiger partial charge in [-0.2, -0.15) is 0 Å². The number of hydrogen-bond acceptors (Lipinski definition) is 5. The van der Waals surface area contributed by atoms with Gasteiger partial charge in [0.25, 0.3) is 0 Å². The second kappa shape index (κ2) is 10.2. The third kappa shape index (κ3) is 7.30. The molecule has 158 valence electrons. The van der Waals surface area contributed by atoms with E-state index < -0.39 is 15.9 Å². The lowest BCUT2D eigenvalue weighted by molar-refractivity contribution is -0.120. The molecule has 8 heteroatoms. The Morgan fingerprint density at radius 2 is 1.59 bits per heavy atom. The molecule has 0 radical (unpaired) electrons. The summed E-state index contributed by atoms with van der Waals surface area (Å²) >= 11 is 0. The Balaban J connectivity index is 1.96. The molecule has 0 bridgehead atoms. The summed E-state index contributed by atoms with van der Waals surface area (Å²) < 4.78 is 36.5. The number of rotatable bonds is 10. The molecule has 2 rings (SSSR count). The van der Waals surface area contributed by atoms with Gasteiger partial charge < -0.3 is 14.8 Å². The van der Waals surface area contributed by atoms with E-state index >= 15 is 0 Å². The molecule has 1 N–H and O–H groups in total. The van der Waals surface area contributed by atoms with Crippen LogP contribution < -0.4 is 19.1 Å². The Hall–Kier alpha value is -2.74. The number of sulfonamides is 1. The van der Waals surface area contributed by atoms with E-state index in [2.05, 4.69) is 5.32 Å². The molecule has 29 heavy (non-hydrogen) atoms. The van der Waals surface area contributed by atoms with Crippen LogP contribution in [-0.2, 0) is 14.8 Å². The number of hydrogen-bond donors (Lipinski definition) is 1. The summed E-state index contributed by atoms with van der Waals surface area (Å²) in [5, 5.41) is 2.77. The van der Waals surface area contributed by atoms with E-state index in [9.17, 15) is 13.2 Å². The first-order valence-electron chi connectivity index (χ1n) is 9.38. The predicted octanol–water partition coefficient (Wildman–Crippen LogP) is 2.74. The molecule has 0 aliphatic rings. The number of ether oxygens (including phenoxy) is 2. The van der Waals surface area contributed by atoms with Gasteiger partial charge in [0.1, 0.15) is 24.7 Å². The van der Waals surface area contributed by atoms with Gasteiger partial charge in [0.15, 0.2) is 0 Å². The van der Waals surface area contributed by atoms with Gasteiger partial charge in [0, 0.05) is 0 Å². The third-order valence-corrected chi connectivity index (χ3v) is 5.19. The largest absolute Gasteiger partial charge is 0.494 e. The summed E-state index contributed by atoms with van der Waals surface area (Å²) in [6.45, 7) is 6.13. The molecule has 0 fully saturated rings. The summed E-state index contributed by atoms with van der Waals surface area (Å²) in [5.41, 5.74) is 1.53. The first kappa shape index (κ1) is 22.5. The molecule has 0 saturated heterocycles. The number of amides is 1. The van der Waals surface area contributed by atoms with E-state index in [0.717, 1.165) is 16.1 Å². The Labute approximate surface area is 172 Å². The number of aryl methyl sites for hydroxylation is 1. The van der Waals surface area contributed by atoms with Gasteiger partial charge in [-0.3, -0.25) is 9.10 Å². The lowest BCUT2D eigenvalue weighted by Crippen LogP contribution is -2.44. The zero-order valence-electron chi connectivity index (χ0n) is 17.2. The van der Waals surface area contributed by atoms with Crippen LogP contribution in [0, 0.1) is 6.92 Å². The fourth-order valence-electron chi connectivity index (χ4n) is 2.62. The van der Waals surface area contributed by atoms with Crippen LogP contribution in [0.5, 0.6) is 11.5 Å². The number of benzene rings is 2. The van der Waals surface area contributed by atoms with Gasteiger partial charge in [0.2, 0.25) is 15.9 Å². The fraction of sp³-hybridized carbons (Fsp3) is 0.381. The zero-order valence-corrected chi connectivity index (χ0v) is 18.0. The highest BCUT2D eigenvalue weighted by Crippen LogP contribution is 2.21. The van der Waals surface area contributed by atoms with E-state index in [-0.39, 0.29) is 19.2 Å². The van der Waals surface area contributed by atoms with Crippen LogP contribution in [0.15, 0.2) is 48.5 Å². The monoisotopic (exact) mass is 420 g/mol. The van der Waals surface area contributed by atoms with Crippen molar-refractivity contribution < 1.29 is 22.7 Å². The van der Waals surface area contributed by atoms with Crippen LogP contribution in [0.3, 0.4) is 0 Å². The molecule has 0 spiro atoms. The number of nitrogens with one attached hydrogen (secondary N) is 1. The molecule has 7 nitrogen and oxygen atoms in total. The minimum Gasteiger partial charge on any atom is -0.494 e. The average Bonchev–Trinajstić information content (AvgIpc) is 2.66. The van der Waals surface area contributed by atoms with Gasteiger partial charge in [-0.05, 0) is 57.2 Å². The maximum atomic E-state index is 12.4. The second-order valence-electron chi connectivity index (χ2n) is 6.79. The van der Waals surface area contributed by atoms with Crippen molar-refractivity contribution in [3.05, 3.63) is 54.1 Å². The molecule has 0 aliphatic carbocycles. The Kier molecular flexibility index (Phi) is 7.90. The van der Waals surface area contributed by atoms with Gasteiger partial charge in [-0.15, -0.1) is 0 Å². The van der Waals surface area contributed by atoms with Gasteiger partial charge in [-0.1, -0.05) is 17.7 Å². The smallest absolute Gasteiger partial charge is 0.241 e. The molecule has 1 unspecified atom stereocenters. The summed E-state index contributed by atoms with van der Waals surface area (Å²) in [4.78, 5) is 12.4. The highest BCUT2D eigenvalue weighted by atomic mass is 32.2. The van der Waals surface area contributed by atoms with Crippen molar-refractivity contribution >= 4 is 21.6 Å². The number of carbonyl (C=O) groups excluding carboxylic acids is 1. The van der Waals surface area contributed by atoms with Crippen molar-refractivity contribution in [2.24, 2.45) is 0 Å². The second-order valence-corrected chi connectivity index (χ2v) is 8.70. The number of nitrogens with zero attached hydrogens (tertiary/aromatic N) is 1. The number of anilines is 1. The summed E-state index contributed by atoms with van der Waals surface area (Å²) in [6.07, 6.45) is 1.07. The first-order valence-corrected chi connectivity index (χ1v) is 11.2. The van der Waals surface area contributed by atoms with Crippen LogP contribution >= 0.6 is 0 Å². The molecular weight excluding hydrogens is 392 g/mol. The Bertz CT molecular complexity index is 896. The van der Waals surface area contributed by atoms with Crippen LogP contribution in [0.4, 0.5) is 5.69 Å². The predicted molar refractivity (Wildman–Crippen MR) is 114 cm³/mol. The third-order valence-electron chi connectivity index (χ3n) is 4.05. The topological polar surface area (TPSA) is 84.9 Å². The summed E-state index contributed by atoms with van der Waals surface area (Å²) in [6, 6.07) is 13.9. The van der Waals surface area contributed by atoms with Crippen molar-refractivity contribution in [3.8, 4) is 11.5 Å². The standard InChI is InChI=1S/C21H28N2O5S/c1-5-27-19-12-8-18(9-13-19)23(29(4,25)26)14-21(24)22-17(3)15-28-20-10-6-16(2)7-11-20/h6-13,17H,5,14-15H2,1-4H3,(H,22,24). The Morgan fingerprint density at radius 1 is 1.03 bits per heavy atom. The molecule has 0 aliphatic heterocycles. The molecule has 2 aromatic rings. The molecule has 1 amide bonds. The van der Waals surface area contributed by atoms with Gasteiger partial charge in [-0.25, -0.2) is 8.42 Å². The van der Waals surface area contributed by atoms with Crippen molar-refractivity contribution in [1.29, 1.82) is 0 Å². The molecule has 0 heterocycles. The highest BCUT2D eigenvalue weighted by Gasteiger charge is 2.21. The van der Waals surface area contributed by atoms with Crippen molar-refractivity contribution in [2.45, 2.75) is 26.8 Å². The summed E-state index contributed by atoms with van der Waals surface area (Å²) in [7, 11) is -3.63. The molecule has 0 aromatic heterocycles. The van der Waals surface area contributed by atoms with Crippen LogP contribution in [-0.4, -0.2) is 46.4 Å². The van der Waals surface area contributed by atoms with Crippen molar-refractivity contribution in [3.63, 3.8) is 0 Å². The fourth-order valence-corrected chi connectivity index (χ4v) is 3.48. The zero-order chi connectivity index (χ0) is 21.4. The maximum absolute atomic E-state index is 12.4. The lowest BCUT2D eigenvalue weighted by atomic mass is 10.2. The van der Waals surface area contributed by atoms with Crippen molar-refractivity contribution in [1.82, 2.24) is 5.32 Å². The van der Waals surface area contributed by atoms with E-state index in [4.69, 9.17) is 9.47 Å². The minimum absolute atomic E-state index is 0.275. The van der Waals surface area contributed by atoms with E-state index in [1.165, 1.54) is 0 Å². The average molecular weight is 421 g/mol. The van der Waals surface area contributed by atoms with Gasteiger partial charge >= 0.3 is 0 Å². The highest BCUT2D eigenvalue weighted by molar-refractivity contribution is 7.92. The summed E-state index contributed by atoms with van der Waals surface area (Å²) in [5.74, 6) is 0.934. The SMILES string of the molecule is CCOc1ccc(N(CC(=O)NC(C)COc2ccc(C)cc2)S(C)(=O)=O)cc1.